The standard InChI is InChI=1S/C15H18O4/c1-10-11(5-6-12-13(10)19-9-18-12)15(14(16)17)7-3-2-4-8-15/h5-6H,2-4,7-9H2,1H3,(H,16,17). The molecular weight excluding hydrogens is 244 g/mol. The van der Waals surface area contributed by atoms with Crippen molar-refractivity contribution in [3.63, 3.8) is 0 Å². The summed E-state index contributed by atoms with van der Waals surface area (Å²) in [5.74, 6) is 0.718. The van der Waals surface area contributed by atoms with Crippen molar-refractivity contribution in [1.29, 1.82) is 0 Å². The van der Waals surface area contributed by atoms with E-state index in [2.05, 4.69) is 0 Å². The largest absolute Gasteiger partial charge is 0.481 e. The zero-order chi connectivity index (χ0) is 13.5. The molecule has 4 heteroatoms. The highest BCUT2D eigenvalue weighted by Gasteiger charge is 2.43. The number of fused-ring (bicyclic) bond motifs is 1. The van der Waals surface area contributed by atoms with Gasteiger partial charge >= 0.3 is 5.97 Å². The van der Waals surface area contributed by atoms with Crippen LogP contribution < -0.4 is 9.47 Å². The molecule has 0 amide bonds. The van der Waals surface area contributed by atoms with E-state index >= 15 is 0 Å². The van der Waals surface area contributed by atoms with Crippen LogP contribution in [0, 0.1) is 6.92 Å². The maximum absolute atomic E-state index is 11.9. The highest BCUT2D eigenvalue weighted by atomic mass is 16.7. The van der Waals surface area contributed by atoms with Crippen LogP contribution in [0.15, 0.2) is 12.1 Å². The number of carbonyl (C=O) groups is 1. The second kappa shape index (κ2) is 4.44. The lowest BCUT2D eigenvalue weighted by atomic mass is 9.68. The van der Waals surface area contributed by atoms with Crippen LogP contribution in [0.4, 0.5) is 0 Å². The molecule has 1 saturated carbocycles. The number of aliphatic carboxylic acids is 1. The van der Waals surface area contributed by atoms with Gasteiger partial charge in [0.1, 0.15) is 0 Å². The minimum atomic E-state index is -0.747. The maximum atomic E-state index is 11.9. The van der Waals surface area contributed by atoms with E-state index < -0.39 is 11.4 Å². The highest BCUT2D eigenvalue weighted by Crippen LogP contribution is 2.46. The van der Waals surface area contributed by atoms with Gasteiger partial charge in [0.15, 0.2) is 11.5 Å². The number of hydrogen-bond donors (Lipinski definition) is 1. The molecule has 4 nitrogen and oxygen atoms in total. The van der Waals surface area contributed by atoms with Gasteiger partial charge in [-0.2, -0.15) is 0 Å². The fraction of sp³-hybridized carbons (Fsp3) is 0.533. The summed E-state index contributed by atoms with van der Waals surface area (Å²) < 4.78 is 10.8. The van der Waals surface area contributed by atoms with Gasteiger partial charge in [-0.05, 0) is 37.0 Å². The van der Waals surface area contributed by atoms with E-state index in [-0.39, 0.29) is 6.79 Å². The Hall–Kier alpha value is -1.71. The molecule has 3 rings (SSSR count). The molecule has 1 aromatic rings. The van der Waals surface area contributed by atoms with Gasteiger partial charge in [0.2, 0.25) is 6.79 Å². The molecule has 1 aliphatic heterocycles. The number of hydrogen-bond acceptors (Lipinski definition) is 3. The van der Waals surface area contributed by atoms with Crippen LogP contribution in [0.1, 0.15) is 43.2 Å². The van der Waals surface area contributed by atoms with Crippen LogP contribution in [0.3, 0.4) is 0 Å². The smallest absolute Gasteiger partial charge is 0.314 e. The Morgan fingerprint density at radius 3 is 2.63 bits per heavy atom. The minimum Gasteiger partial charge on any atom is -0.481 e. The summed E-state index contributed by atoms with van der Waals surface area (Å²) in [7, 11) is 0. The van der Waals surface area contributed by atoms with Crippen molar-refractivity contribution in [3.8, 4) is 11.5 Å². The summed E-state index contributed by atoms with van der Waals surface area (Å²) in [5.41, 5.74) is 1.06. The number of carboxylic acids is 1. The van der Waals surface area contributed by atoms with Crippen molar-refractivity contribution in [3.05, 3.63) is 23.3 Å². The van der Waals surface area contributed by atoms with Crippen LogP contribution in [-0.4, -0.2) is 17.9 Å². The van der Waals surface area contributed by atoms with E-state index in [9.17, 15) is 9.90 Å². The Morgan fingerprint density at radius 2 is 1.95 bits per heavy atom. The van der Waals surface area contributed by atoms with Gasteiger partial charge in [-0.15, -0.1) is 0 Å². The lowest BCUT2D eigenvalue weighted by Crippen LogP contribution is -2.38. The first kappa shape index (κ1) is 12.3. The van der Waals surface area contributed by atoms with Crippen LogP contribution in [0.2, 0.25) is 0 Å². The first-order valence-electron chi connectivity index (χ1n) is 6.78. The molecule has 1 N–H and O–H groups in total. The zero-order valence-electron chi connectivity index (χ0n) is 11.1. The predicted octanol–water partition coefficient (Wildman–Crippen LogP) is 3.01. The Morgan fingerprint density at radius 1 is 1.21 bits per heavy atom. The van der Waals surface area contributed by atoms with Gasteiger partial charge in [-0.25, -0.2) is 0 Å². The summed E-state index contributed by atoms with van der Waals surface area (Å²) in [6.45, 7) is 2.15. The van der Waals surface area contributed by atoms with Crippen molar-refractivity contribution in [2.45, 2.75) is 44.4 Å². The van der Waals surface area contributed by atoms with Crippen molar-refractivity contribution < 1.29 is 19.4 Å². The Kier molecular flexibility index (Phi) is 2.88. The first-order valence-corrected chi connectivity index (χ1v) is 6.78. The van der Waals surface area contributed by atoms with Crippen LogP contribution in [0.25, 0.3) is 0 Å². The average Bonchev–Trinajstić information content (AvgIpc) is 2.89. The van der Waals surface area contributed by atoms with E-state index in [1.165, 1.54) is 0 Å². The summed E-state index contributed by atoms with van der Waals surface area (Å²) >= 11 is 0. The molecule has 0 bridgehead atoms. The summed E-state index contributed by atoms with van der Waals surface area (Å²) in [5, 5.41) is 9.74. The van der Waals surface area contributed by atoms with Crippen molar-refractivity contribution in [2.75, 3.05) is 6.79 Å². The third kappa shape index (κ3) is 1.78. The number of carboxylic acid groups (broad SMARTS) is 1. The Balaban J connectivity index is 2.11. The van der Waals surface area contributed by atoms with Gasteiger partial charge in [0.05, 0.1) is 5.41 Å². The molecule has 1 fully saturated rings. The normalized spacial score (nSPS) is 20.3. The molecule has 1 heterocycles. The molecule has 0 radical (unpaired) electrons. The fourth-order valence-corrected chi connectivity index (χ4v) is 3.38. The van der Waals surface area contributed by atoms with E-state index in [0.717, 1.165) is 36.1 Å². The lowest BCUT2D eigenvalue weighted by molar-refractivity contribution is -0.145. The quantitative estimate of drug-likeness (QED) is 0.890. The molecule has 0 aromatic heterocycles. The molecule has 1 aromatic carbocycles. The lowest BCUT2D eigenvalue weighted by Gasteiger charge is -2.34. The summed E-state index contributed by atoms with van der Waals surface area (Å²) in [4.78, 5) is 11.9. The topological polar surface area (TPSA) is 55.8 Å². The monoisotopic (exact) mass is 262 g/mol. The molecule has 0 spiro atoms. The first-order chi connectivity index (χ1) is 9.15. The van der Waals surface area contributed by atoms with Crippen LogP contribution >= 0.6 is 0 Å². The van der Waals surface area contributed by atoms with Gasteiger partial charge in [0, 0.05) is 0 Å². The van der Waals surface area contributed by atoms with Gasteiger partial charge in [0.25, 0.3) is 0 Å². The Labute approximate surface area is 112 Å². The highest BCUT2D eigenvalue weighted by molar-refractivity contribution is 5.82. The molecule has 1 aliphatic carbocycles. The molecule has 0 saturated heterocycles. The SMILES string of the molecule is Cc1c(C2(C(=O)O)CCCCC2)ccc2c1OCO2. The average molecular weight is 262 g/mol. The van der Waals surface area contributed by atoms with E-state index in [0.29, 0.717) is 18.6 Å². The van der Waals surface area contributed by atoms with Crippen molar-refractivity contribution in [1.82, 2.24) is 0 Å². The Bertz CT molecular complexity index is 515. The number of rotatable bonds is 2. The molecular formula is C15H18O4. The van der Waals surface area contributed by atoms with Crippen LogP contribution in [0.5, 0.6) is 11.5 Å². The van der Waals surface area contributed by atoms with Crippen molar-refractivity contribution >= 4 is 5.97 Å². The van der Waals surface area contributed by atoms with Crippen LogP contribution in [-0.2, 0) is 10.2 Å². The fourth-order valence-electron chi connectivity index (χ4n) is 3.38. The molecule has 19 heavy (non-hydrogen) atoms. The zero-order valence-corrected chi connectivity index (χ0v) is 11.1. The molecule has 2 aliphatic rings. The van der Waals surface area contributed by atoms with E-state index in [4.69, 9.17) is 9.47 Å². The van der Waals surface area contributed by atoms with Gasteiger partial charge < -0.3 is 14.6 Å². The van der Waals surface area contributed by atoms with Crippen molar-refractivity contribution in [2.24, 2.45) is 0 Å². The second-order valence-electron chi connectivity index (χ2n) is 5.42. The van der Waals surface area contributed by atoms with Gasteiger partial charge in [-0.1, -0.05) is 25.3 Å². The predicted molar refractivity (Wildman–Crippen MR) is 69.7 cm³/mol. The van der Waals surface area contributed by atoms with E-state index in [1.54, 1.807) is 0 Å². The number of benzene rings is 1. The molecule has 0 unspecified atom stereocenters. The second-order valence-corrected chi connectivity index (χ2v) is 5.42. The third-order valence-electron chi connectivity index (χ3n) is 4.42. The maximum Gasteiger partial charge on any atom is 0.314 e. The summed E-state index contributed by atoms with van der Waals surface area (Å²) in [6, 6.07) is 3.74. The molecule has 0 atom stereocenters. The van der Waals surface area contributed by atoms with E-state index in [1.807, 2.05) is 19.1 Å². The number of ether oxygens (including phenoxy) is 2. The van der Waals surface area contributed by atoms with Gasteiger partial charge in [-0.3, -0.25) is 4.79 Å². The minimum absolute atomic E-state index is 0.222. The third-order valence-corrected chi connectivity index (χ3v) is 4.42. The molecule has 102 valence electrons. The summed E-state index contributed by atoms with van der Waals surface area (Å²) in [6.07, 6.45) is 4.49.